The lowest BCUT2D eigenvalue weighted by molar-refractivity contribution is -0.102. The van der Waals surface area contributed by atoms with Crippen molar-refractivity contribution in [3.8, 4) is 0 Å². The normalized spacial score (nSPS) is 11.4. The molecule has 0 bridgehead atoms. The Kier molecular flexibility index (Phi) is 16.3. The molecule has 0 atom stereocenters. The summed E-state index contributed by atoms with van der Waals surface area (Å²) < 4.78 is 9.46. The first-order chi connectivity index (χ1) is 13.2. The summed E-state index contributed by atoms with van der Waals surface area (Å²) in [5.41, 5.74) is -0.490. The number of nitrogens with zero attached hydrogens (tertiary/aromatic N) is 2. The second-order valence-electron chi connectivity index (χ2n) is 5.50. The quantitative estimate of drug-likeness (QED) is 0.157. The zero-order valence-corrected chi connectivity index (χ0v) is 17.5. The number of allylic oxidation sites excluding steroid dienone is 1. The molecule has 0 saturated carbocycles. The van der Waals surface area contributed by atoms with Gasteiger partial charge in [0.2, 0.25) is 0 Å². The van der Waals surface area contributed by atoms with Crippen LogP contribution in [0.2, 0.25) is 0 Å². The van der Waals surface area contributed by atoms with Crippen LogP contribution in [-0.4, -0.2) is 74.9 Å². The molecule has 0 aromatic carbocycles. The van der Waals surface area contributed by atoms with E-state index in [2.05, 4.69) is 32.2 Å². The van der Waals surface area contributed by atoms with Crippen LogP contribution >= 0.6 is 11.8 Å². The standard InChI is InChI=1S/C15H24N4O6S.CH4O/c1-15(2,3)25-14(22)18-10-26-9-12(16-4)11(8-20)19-24-7-6-17-13(21)23-5;1-2/h8-9H,4,6-7,10H2,1-3,5H3,(H,17,21)(H,18,22);2H,1H3/b12-9-,19-11+;. The first-order valence-corrected chi connectivity index (χ1v) is 8.95. The molecule has 0 unspecified atom stereocenters. The first kappa shape index (κ1) is 27.6. The molecule has 0 spiro atoms. The molecule has 0 aliphatic heterocycles. The van der Waals surface area contributed by atoms with Gasteiger partial charge in [-0.1, -0.05) is 5.16 Å². The number of alkyl carbamates (subject to hydrolysis) is 2. The van der Waals surface area contributed by atoms with Crippen molar-refractivity contribution in [3.63, 3.8) is 0 Å². The van der Waals surface area contributed by atoms with Crippen LogP contribution in [0, 0.1) is 0 Å². The first-order valence-electron chi connectivity index (χ1n) is 7.91. The van der Waals surface area contributed by atoms with Crippen LogP contribution in [0.15, 0.2) is 21.3 Å². The molecule has 0 fully saturated rings. The van der Waals surface area contributed by atoms with Gasteiger partial charge >= 0.3 is 12.2 Å². The van der Waals surface area contributed by atoms with E-state index in [9.17, 15) is 14.4 Å². The van der Waals surface area contributed by atoms with E-state index in [1.807, 2.05) is 0 Å². The van der Waals surface area contributed by atoms with Crippen LogP contribution in [0.5, 0.6) is 0 Å². The predicted octanol–water partition coefficient (Wildman–Crippen LogP) is 1.28. The highest BCUT2D eigenvalue weighted by Gasteiger charge is 2.15. The minimum Gasteiger partial charge on any atom is -0.453 e. The van der Waals surface area contributed by atoms with Crippen LogP contribution in [0.3, 0.4) is 0 Å². The molecule has 160 valence electrons. The number of carbonyl (C=O) groups excluding carboxylic acids is 3. The zero-order chi connectivity index (χ0) is 22.0. The van der Waals surface area contributed by atoms with E-state index in [1.165, 1.54) is 12.5 Å². The molecular formula is C16H28N4O7S. The number of rotatable bonds is 10. The fourth-order valence-electron chi connectivity index (χ4n) is 1.23. The number of thioether (sulfide) groups is 1. The fraction of sp³-hybridized carbons (Fsp3) is 0.562. The van der Waals surface area contributed by atoms with E-state index in [-0.39, 0.29) is 30.4 Å². The lowest BCUT2D eigenvalue weighted by Gasteiger charge is -2.19. The number of methoxy groups -OCH3 is 1. The van der Waals surface area contributed by atoms with Gasteiger partial charge in [-0.3, -0.25) is 9.79 Å². The van der Waals surface area contributed by atoms with E-state index in [0.717, 1.165) is 18.9 Å². The number of amides is 2. The molecular weight excluding hydrogens is 392 g/mol. The Morgan fingerprint density at radius 1 is 1.21 bits per heavy atom. The van der Waals surface area contributed by atoms with Crippen molar-refractivity contribution in [1.29, 1.82) is 0 Å². The fourth-order valence-corrected chi connectivity index (χ4v) is 1.87. The number of aliphatic hydroxyl groups excluding tert-OH is 1. The molecule has 0 heterocycles. The van der Waals surface area contributed by atoms with Crippen LogP contribution in [-0.2, 0) is 19.1 Å². The molecule has 0 aliphatic rings. The number of aliphatic imine (C=N–C) groups is 1. The number of ether oxygens (including phenoxy) is 2. The third kappa shape index (κ3) is 15.6. The van der Waals surface area contributed by atoms with Crippen molar-refractivity contribution in [1.82, 2.24) is 10.6 Å². The number of nitrogens with one attached hydrogen (secondary N) is 2. The van der Waals surface area contributed by atoms with Gasteiger partial charge in [0.25, 0.3) is 0 Å². The van der Waals surface area contributed by atoms with Gasteiger partial charge in [0.05, 0.1) is 19.5 Å². The topological polar surface area (TPSA) is 148 Å². The number of aldehydes is 1. The molecule has 12 heteroatoms. The van der Waals surface area contributed by atoms with Crippen molar-refractivity contribution >= 4 is 42.7 Å². The summed E-state index contributed by atoms with van der Waals surface area (Å²) in [7, 11) is 2.24. The summed E-state index contributed by atoms with van der Waals surface area (Å²) in [6.07, 6.45) is -0.705. The van der Waals surface area contributed by atoms with E-state index >= 15 is 0 Å². The molecule has 11 nitrogen and oxygen atoms in total. The monoisotopic (exact) mass is 420 g/mol. The van der Waals surface area contributed by atoms with Crippen LogP contribution in [0.4, 0.5) is 9.59 Å². The third-order valence-electron chi connectivity index (χ3n) is 2.25. The lowest BCUT2D eigenvalue weighted by atomic mass is 10.2. The second-order valence-corrected chi connectivity index (χ2v) is 6.35. The van der Waals surface area contributed by atoms with Gasteiger partial charge in [0.15, 0.2) is 12.0 Å². The Bertz CT molecular complexity index is 560. The smallest absolute Gasteiger partial charge is 0.408 e. The van der Waals surface area contributed by atoms with Gasteiger partial charge in [-0.25, -0.2) is 9.59 Å². The van der Waals surface area contributed by atoms with Gasteiger partial charge in [-0.05, 0) is 27.5 Å². The van der Waals surface area contributed by atoms with E-state index in [4.69, 9.17) is 14.7 Å². The summed E-state index contributed by atoms with van der Waals surface area (Å²) in [6.45, 7) is 8.81. The van der Waals surface area contributed by atoms with Crippen molar-refractivity contribution < 1.29 is 33.8 Å². The molecule has 0 rings (SSSR count). The molecule has 28 heavy (non-hydrogen) atoms. The lowest BCUT2D eigenvalue weighted by Crippen LogP contribution is -2.32. The summed E-state index contributed by atoms with van der Waals surface area (Å²) in [5.74, 6) is 0.198. The third-order valence-corrected chi connectivity index (χ3v) is 2.95. The average molecular weight is 420 g/mol. The van der Waals surface area contributed by atoms with Crippen LogP contribution in [0.25, 0.3) is 0 Å². The summed E-state index contributed by atoms with van der Waals surface area (Å²) in [6, 6.07) is 0. The van der Waals surface area contributed by atoms with E-state index in [0.29, 0.717) is 6.29 Å². The maximum absolute atomic E-state index is 11.5. The summed E-state index contributed by atoms with van der Waals surface area (Å²) in [4.78, 5) is 42.0. The molecule has 3 N–H and O–H groups in total. The number of oxime groups is 1. The highest BCUT2D eigenvalue weighted by Crippen LogP contribution is 2.10. The highest BCUT2D eigenvalue weighted by atomic mass is 32.2. The molecule has 0 radical (unpaired) electrons. The number of hydrogen-bond acceptors (Lipinski definition) is 10. The zero-order valence-electron chi connectivity index (χ0n) is 16.7. The Morgan fingerprint density at radius 2 is 1.86 bits per heavy atom. The minimum atomic E-state index is -0.601. The van der Waals surface area contributed by atoms with Gasteiger partial charge in [0.1, 0.15) is 17.9 Å². The Morgan fingerprint density at radius 3 is 2.36 bits per heavy atom. The molecule has 0 saturated heterocycles. The Hall–Kier alpha value is -2.60. The SMILES string of the molecule is C=NC(=C\SCNC(=O)OC(C)(C)C)/C(C=O)=N/OCCNC(=O)OC.CO. The van der Waals surface area contributed by atoms with Gasteiger partial charge in [0, 0.05) is 12.5 Å². The Balaban J connectivity index is 0. The molecule has 0 aromatic rings. The van der Waals surface area contributed by atoms with Crippen LogP contribution in [0.1, 0.15) is 20.8 Å². The van der Waals surface area contributed by atoms with Crippen LogP contribution < -0.4 is 10.6 Å². The summed E-state index contributed by atoms with van der Waals surface area (Å²) >= 11 is 1.16. The minimum absolute atomic E-state index is 0.0319. The Labute approximate surface area is 168 Å². The van der Waals surface area contributed by atoms with Crippen molar-refractivity contribution in [2.45, 2.75) is 26.4 Å². The maximum Gasteiger partial charge on any atom is 0.408 e. The predicted molar refractivity (Wildman–Crippen MR) is 107 cm³/mol. The summed E-state index contributed by atoms with van der Waals surface area (Å²) in [5, 5.41) is 17.0. The van der Waals surface area contributed by atoms with Crippen molar-refractivity contribution in [2.24, 2.45) is 10.1 Å². The maximum atomic E-state index is 11.5. The van der Waals surface area contributed by atoms with Crippen molar-refractivity contribution in [2.75, 3.05) is 33.2 Å². The largest absolute Gasteiger partial charge is 0.453 e. The number of carbonyl (C=O) groups is 3. The molecule has 2 amide bonds. The number of hydrogen-bond donors (Lipinski definition) is 3. The van der Waals surface area contributed by atoms with Gasteiger partial charge in [-0.2, -0.15) is 0 Å². The second kappa shape index (κ2) is 16.6. The van der Waals surface area contributed by atoms with Gasteiger partial charge < -0.3 is 30.1 Å². The number of aliphatic hydroxyl groups is 1. The van der Waals surface area contributed by atoms with E-state index < -0.39 is 17.8 Å². The van der Waals surface area contributed by atoms with Crippen molar-refractivity contribution in [3.05, 3.63) is 11.1 Å². The highest BCUT2D eigenvalue weighted by molar-refractivity contribution is 8.02. The average Bonchev–Trinajstić information content (AvgIpc) is 2.65. The molecule has 0 aliphatic carbocycles. The molecule has 0 aromatic heterocycles. The van der Waals surface area contributed by atoms with E-state index in [1.54, 1.807) is 20.8 Å². The van der Waals surface area contributed by atoms with Gasteiger partial charge in [-0.15, -0.1) is 11.8 Å².